The van der Waals surface area contributed by atoms with Gasteiger partial charge in [0.15, 0.2) is 0 Å². The van der Waals surface area contributed by atoms with Crippen molar-refractivity contribution in [3.63, 3.8) is 0 Å². The van der Waals surface area contributed by atoms with E-state index in [2.05, 4.69) is 20.9 Å². The summed E-state index contributed by atoms with van der Waals surface area (Å²) in [7, 11) is 1.49. The van der Waals surface area contributed by atoms with Crippen LogP contribution >= 0.6 is 58.0 Å². The molecule has 3 N–H and O–H groups in total. The van der Waals surface area contributed by atoms with Crippen LogP contribution in [0, 0.1) is 5.92 Å². The summed E-state index contributed by atoms with van der Waals surface area (Å²) in [5.74, 6) is -2.62. The Kier molecular flexibility index (Phi) is 7.69. The second-order valence-electron chi connectivity index (χ2n) is 7.98. The van der Waals surface area contributed by atoms with Crippen molar-refractivity contribution < 1.29 is 14.4 Å². The molecule has 4 rings (SSSR count). The Balaban J connectivity index is 1.48. The summed E-state index contributed by atoms with van der Waals surface area (Å²) in [6, 6.07) is 12.3. The van der Waals surface area contributed by atoms with Gasteiger partial charge in [0, 0.05) is 28.7 Å². The van der Waals surface area contributed by atoms with Crippen LogP contribution in [-0.2, 0) is 4.79 Å². The van der Waals surface area contributed by atoms with E-state index in [9.17, 15) is 14.4 Å². The van der Waals surface area contributed by atoms with Crippen molar-refractivity contribution in [1.29, 1.82) is 0 Å². The molecule has 12 heteroatoms. The van der Waals surface area contributed by atoms with Crippen LogP contribution in [0.2, 0.25) is 15.1 Å². The molecule has 0 unspecified atom stereocenters. The topological polar surface area (TPSA) is 100 Å². The van der Waals surface area contributed by atoms with Crippen LogP contribution in [0.1, 0.15) is 32.3 Å². The number of carbonyl (C=O) groups excluding carboxylic acids is 3. The average molecular weight is 587 g/mol. The van der Waals surface area contributed by atoms with Crippen LogP contribution in [-0.4, -0.2) is 34.1 Å². The second kappa shape index (κ2) is 10.4. The van der Waals surface area contributed by atoms with E-state index < -0.39 is 28.0 Å². The predicted octanol–water partition coefficient (Wildman–Crippen LogP) is 6.18. The molecule has 2 aromatic carbocycles. The van der Waals surface area contributed by atoms with Crippen LogP contribution < -0.4 is 16.0 Å². The summed E-state index contributed by atoms with van der Waals surface area (Å²) in [6.45, 7) is 0. The summed E-state index contributed by atoms with van der Waals surface area (Å²) < 4.78 is -1.35. The maximum absolute atomic E-state index is 13.0. The summed E-state index contributed by atoms with van der Waals surface area (Å²) in [5.41, 5.74) is 1.63. The summed E-state index contributed by atoms with van der Waals surface area (Å²) in [6.07, 6.45) is 1.35. The number of hydrogen-bond donors (Lipinski definition) is 3. The van der Waals surface area contributed by atoms with Crippen molar-refractivity contribution in [1.82, 2.24) is 10.3 Å². The molecular formula is C24H17Cl5N4O3. The molecule has 0 aliphatic heterocycles. The third kappa shape index (κ3) is 5.56. The van der Waals surface area contributed by atoms with Gasteiger partial charge in [-0.1, -0.05) is 34.8 Å². The fourth-order valence-corrected chi connectivity index (χ4v) is 5.32. The van der Waals surface area contributed by atoms with Gasteiger partial charge in [-0.05, 0) is 54.1 Å². The van der Waals surface area contributed by atoms with Gasteiger partial charge in [-0.25, -0.2) is 4.98 Å². The first-order valence-electron chi connectivity index (χ1n) is 10.4. The molecule has 2 atom stereocenters. The average Bonchev–Trinajstić information content (AvgIpc) is 3.41. The minimum atomic E-state index is -1.35. The number of pyridine rings is 1. The Labute approximate surface area is 231 Å². The summed E-state index contributed by atoms with van der Waals surface area (Å²) >= 11 is 31.2. The molecule has 1 aliphatic carbocycles. The van der Waals surface area contributed by atoms with Gasteiger partial charge in [0.2, 0.25) is 5.91 Å². The van der Waals surface area contributed by atoms with E-state index in [0.29, 0.717) is 27.0 Å². The van der Waals surface area contributed by atoms with Gasteiger partial charge in [0.05, 0.1) is 28.4 Å². The molecular weight excluding hydrogens is 570 g/mol. The summed E-state index contributed by atoms with van der Waals surface area (Å²) in [4.78, 5) is 41.4. The lowest BCUT2D eigenvalue weighted by Gasteiger charge is -2.10. The molecule has 36 heavy (non-hydrogen) atoms. The molecule has 0 saturated heterocycles. The highest BCUT2D eigenvalue weighted by Gasteiger charge is 2.67. The molecule has 1 aromatic heterocycles. The molecule has 0 spiro atoms. The second-order valence-corrected chi connectivity index (χ2v) is 10.7. The first-order valence-corrected chi connectivity index (χ1v) is 12.3. The van der Waals surface area contributed by atoms with Crippen molar-refractivity contribution in [2.24, 2.45) is 5.92 Å². The molecule has 1 saturated carbocycles. The standard InChI is InChI=1S/C24H17Cl5N4O3/c1-30-22(35)18-5-3-15(10-31-18)33-21(34)16-9-14(2-4-17(16)27)32-23(36)20-19(24(20,28)29)11-6-12(25)8-13(26)7-11/h2-10,19-20H,1H3,(H,30,35)(H,32,36)(H,33,34)/t19-,20+/m1/s1. The molecule has 3 aromatic rings. The van der Waals surface area contributed by atoms with E-state index in [1.807, 2.05) is 0 Å². The SMILES string of the molecule is CNC(=O)c1ccc(NC(=O)c2cc(NC(=O)[C@@H]3[C@@H](c4cc(Cl)cc(Cl)c4)C3(Cl)Cl)ccc2Cl)cn1. The molecule has 1 fully saturated rings. The van der Waals surface area contributed by atoms with Gasteiger partial charge >= 0.3 is 0 Å². The van der Waals surface area contributed by atoms with Crippen molar-refractivity contribution >= 4 is 87.1 Å². The molecule has 1 heterocycles. The van der Waals surface area contributed by atoms with Crippen molar-refractivity contribution in [2.45, 2.75) is 10.3 Å². The number of anilines is 2. The van der Waals surface area contributed by atoms with Crippen LogP contribution in [0.5, 0.6) is 0 Å². The smallest absolute Gasteiger partial charge is 0.269 e. The Morgan fingerprint density at radius 2 is 1.53 bits per heavy atom. The van der Waals surface area contributed by atoms with Crippen molar-refractivity contribution in [3.8, 4) is 0 Å². The molecule has 3 amide bonds. The number of aromatic nitrogens is 1. The number of carbonyl (C=O) groups is 3. The third-order valence-corrected chi connectivity index (χ3v) is 7.25. The lowest BCUT2D eigenvalue weighted by molar-refractivity contribution is -0.117. The van der Waals surface area contributed by atoms with Crippen LogP contribution in [0.15, 0.2) is 54.7 Å². The normalized spacial score (nSPS) is 17.7. The molecule has 0 radical (unpaired) electrons. The highest BCUT2D eigenvalue weighted by atomic mass is 35.5. The quantitative estimate of drug-likeness (QED) is 0.301. The zero-order valence-electron chi connectivity index (χ0n) is 18.4. The first-order chi connectivity index (χ1) is 17.0. The van der Waals surface area contributed by atoms with Gasteiger partial charge in [0.1, 0.15) is 10.0 Å². The monoisotopic (exact) mass is 584 g/mol. The molecule has 7 nitrogen and oxygen atoms in total. The van der Waals surface area contributed by atoms with E-state index >= 15 is 0 Å². The van der Waals surface area contributed by atoms with Crippen LogP contribution in [0.25, 0.3) is 0 Å². The largest absolute Gasteiger partial charge is 0.354 e. The number of halogens is 5. The molecule has 186 valence electrons. The highest BCUT2D eigenvalue weighted by molar-refractivity contribution is 6.53. The van der Waals surface area contributed by atoms with Crippen molar-refractivity contribution in [3.05, 3.63) is 86.6 Å². The van der Waals surface area contributed by atoms with Crippen LogP contribution in [0.3, 0.4) is 0 Å². The zero-order valence-corrected chi connectivity index (χ0v) is 22.2. The number of alkyl halides is 2. The Bertz CT molecular complexity index is 1340. The number of rotatable bonds is 6. The van der Waals surface area contributed by atoms with Gasteiger partial charge in [-0.15, -0.1) is 23.2 Å². The summed E-state index contributed by atoms with van der Waals surface area (Å²) in [5, 5.41) is 8.82. The minimum absolute atomic E-state index is 0.113. The van der Waals surface area contributed by atoms with Gasteiger partial charge < -0.3 is 16.0 Å². The number of nitrogens with one attached hydrogen (secondary N) is 3. The maximum Gasteiger partial charge on any atom is 0.269 e. The van der Waals surface area contributed by atoms with Crippen molar-refractivity contribution in [2.75, 3.05) is 17.7 Å². The fourth-order valence-electron chi connectivity index (χ4n) is 3.75. The van der Waals surface area contributed by atoms with E-state index in [-0.39, 0.29) is 22.2 Å². The Morgan fingerprint density at radius 1 is 0.861 bits per heavy atom. The predicted molar refractivity (Wildman–Crippen MR) is 143 cm³/mol. The van der Waals surface area contributed by atoms with Gasteiger partial charge in [0.25, 0.3) is 11.8 Å². The first kappa shape index (κ1) is 26.5. The van der Waals surface area contributed by atoms with Gasteiger partial charge in [-0.2, -0.15) is 0 Å². The van der Waals surface area contributed by atoms with E-state index in [0.717, 1.165) is 0 Å². The zero-order chi connectivity index (χ0) is 26.2. The highest BCUT2D eigenvalue weighted by Crippen LogP contribution is 2.65. The fraction of sp³-hybridized carbons (Fsp3) is 0.167. The van der Waals surface area contributed by atoms with E-state index in [1.54, 1.807) is 24.3 Å². The number of hydrogen-bond acceptors (Lipinski definition) is 4. The number of nitrogens with zero attached hydrogens (tertiary/aromatic N) is 1. The number of amides is 3. The minimum Gasteiger partial charge on any atom is -0.354 e. The molecule has 0 bridgehead atoms. The number of benzene rings is 2. The Morgan fingerprint density at radius 3 is 2.14 bits per heavy atom. The van der Waals surface area contributed by atoms with Gasteiger partial charge in [-0.3, -0.25) is 14.4 Å². The molecule has 1 aliphatic rings. The lowest BCUT2D eigenvalue weighted by atomic mass is 10.1. The van der Waals surface area contributed by atoms with E-state index in [1.165, 1.54) is 37.5 Å². The lowest BCUT2D eigenvalue weighted by Crippen LogP contribution is -2.19. The maximum atomic E-state index is 13.0. The van der Waals surface area contributed by atoms with Crippen LogP contribution in [0.4, 0.5) is 11.4 Å². The van der Waals surface area contributed by atoms with E-state index in [4.69, 9.17) is 58.0 Å². The Hall–Kier alpha value is -2.55. The third-order valence-electron chi connectivity index (χ3n) is 5.54.